The standard InChI is InChI=1S/C13H14ClNS/c1-15-7-6-10-8-13(16-9-10)11-4-2-3-5-12(11)14/h2-5,8-9,15H,6-7H2,1H3. The van der Waals surface area contributed by atoms with E-state index >= 15 is 0 Å². The summed E-state index contributed by atoms with van der Waals surface area (Å²) in [5.41, 5.74) is 2.50. The first-order valence-corrected chi connectivity index (χ1v) is 6.54. The number of likely N-dealkylation sites (N-methyl/N-ethyl adjacent to an activating group) is 1. The summed E-state index contributed by atoms with van der Waals surface area (Å²) in [5, 5.41) is 6.18. The molecule has 0 bridgehead atoms. The van der Waals surface area contributed by atoms with E-state index in [-0.39, 0.29) is 0 Å². The molecule has 1 heterocycles. The van der Waals surface area contributed by atoms with Crippen molar-refractivity contribution in [3.8, 4) is 10.4 Å². The summed E-state index contributed by atoms with van der Waals surface area (Å²) in [6.07, 6.45) is 1.07. The van der Waals surface area contributed by atoms with Crippen LogP contribution in [0.5, 0.6) is 0 Å². The van der Waals surface area contributed by atoms with Crippen LogP contribution in [0.25, 0.3) is 10.4 Å². The van der Waals surface area contributed by atoms with Crippen LogP contribution in [0.1, 0.15) is 5.56 Å². The number of hydrogen-bond donors (Lipinski definition) is 1. The van der Waals surface area contributed by atoms with E-state index in [0.717, 1.165) is 23.6 Å². The highest BCUT2D eigenvalue weighted by molar-refractivity contribution is 7.13. The molecule has 0 saturated heterocycles. The highest BCUT2D eigenvalue weighted by atomic mass is 35.5. The lowest BCUT2D eigenvalue weighted by atomic mass is 10.1. The van der Waals surface area contributed by atoms with E-state index in [1.165, 1.54) is 10.4 Å². The van der Waals surface area contributed by atoms with E-state index in [1.807, 2.05) is 25.2 Å². The number of rotatable bonds is 4. The summed E-state index contributed by atoms with van der Waals surface area (Å²) in [7, 11) is 1.97. The zero-order chi connectivity index (χ0) is 11.4. The van der Waals surface area contributed by atoms with Gasteiger partial charge in [0, 0.05) is 15.5 Å². The van der Waals surface area contributed by atoms with Crippen LogP contribution in [0.15, 0.2) is 35.7 Å². The predicted molar refractivity (Wildman–Crippen MR) is 72.4 cm³/mol. The summed E-state index contributed by atoms with van der Waals surface area (Å²) in [6.45, 7) is 1.01. The minimum atomic E-state index is 0.824. The number of nitrogens with one attached hydrogen (secondary N) is 1. The summed E-state index contributed by atoms with van der Waals surface area (Å²) >= 11 is 7.92. The van der Waals surface area contributed by atoms with Crippen molar-refractivity contribution in [1.82, 2.24) is 5.32 Å². The van der Waals surface area contributed by atoms with Crippen LogP contribution in [0, 0.1) is 0 Å². The number of thiophene rings is 1. The van der Waals surface area contributed by atoms with Gasteiger partial charge in [-0.2, -0.15) is 0 Å². The Morgan fingerprint density at radius 2 is 2.12 bits per heavy atom. The Morgan fingerprint density at radius 1 is 1.31 bits per heavy atom. The molecule has 84 valence electrons. The maximum atomic E-state index is 6.17. The smallest absolute Gasteiger partial charge is 0.0492 e. The third kappa shape index (κ3) is 2.64. The molecule has 0 atom stereocenters. The molecule has 0 aliphatic rings. The second kappa shape index (κ2) is 5.48. The fraction of sp³-hybridized carbons (Fsp3) is 0.231. The molecular formula is C13H14ClNS. The molecule has 0 unspecified atom stereocenters. The molecule has 0 spiro atoms. The lowest BCUT2D eigenvalue weighted by Crippen LogP contribution is -2.09. The quantitative estimate of drug-likeness (QED) is 0.871. The fourth-order valence-electron chi connectivity index (χ4n) is 1.58. The van der Waals surface area contributed by atoms with E-state index < -0.39 is 0 Å². The van der Waals surface area contributed by atoms with Gasteiger partial charge in [-0.1, -0.05) is 29.8 Å². The van der Waals surface area contributed by atoms with Gasteiger partial charge >= 0.3 is 0 Å². The van der Waals surface area contributed by atoms with E-state index in [4.69, 9.17) is 11.6 Å². The van der Waals surface area contributed by atoms with Crippen LogP contribution in [0.4, 0.5) is 0 Å². The molecule has 0 fully saturated rings. The van der Waals surface area contributed by atoms with Crippen LogP contribution in [0.2, 0.25) is 5.02 Å². The van der Waals surface area contributed by atoms with Crippen molar-refractivity contribution in [2.24, 2.45) is 0 Å². The second-order valence-electron chi connectivity index (χ2n) is 3.65. The van der Waals surface area contributed by atoms with Gasteiger partial charge < -0.3 is 5.32 Å². The molecule has 1 nitrogen and oxygen atoms in total. The van der Waals surface area contributed by atoms with Crippen LogP contribution >= 0.6 is 22.9 Å². The third-order valence-corrected chi connectivity index (χ3v) is 3.80. The molecule has 2 aromatic rings. The highest BCUT2D eigenvalue weighted by Crippen LogP contribution is 2.32. The van der Waals surface area contributed by atoms with Gasteiger partial charge in [0.1, 0.15) is 0 Å². The van der Waals surface area contributed by atoms with Crippen molar-refractivity contribution in [2.75, 3.05) is 13.6 Å². The SMILES string of the molecule is CNCCc1csc(-c2ccccc2Cl)c1. The Balaban J connectivity index is 2.22. The summed E-state index contributed by atoms with van der Waals surface area (Å²) < 4.78 is 0. The Morgan fingerprint density at radius 3 is 2.88 bits per heavy atom. The van der Waals surface area contributed by atoms with Crippen LogP contribution in [-0.4, -0.2) is 13.6 Å². The Labute approximate surface area is 105 Å². The summed E-state index contributed by atoms with van der Waals surface area (Å²) in [6, 6.07) is 10.2. The molecule has 0 saturated carbocycles. The van der Waals surface area contributed by atoms with Crippen molar-refractivity contribution in [2.45, 2.75) is 6.42 Å². The van der Waals surface area contributed by atoms with Crippen LogP contribution in [0.3, 0.4) is 0 Å². The van der Waals surface area contributed by atoms with E-state index in [1.54, 1.807) is 11.3 Å². The molecule has 0 amide bonds. The van der Waals surface area contributed by atoms with Gasteiger partial charge in [-0.3, -0.25) is 0 Å². The molecule has 0 aliphatic carbocycles. The average molecular weight is 252 g/mol. The summed E-state index contributed by atoms with van der Waals surface area (Å²) in [5.74, 6) is 0. The van der Waals surface area contributed by atoms with Gasteiger partial charge in [0.05, 0.1) is 0 Å². The fourth-order valence-corrected chi connectivity index (χ4v) is 2.86. The van der Waals surface area contributed by atoms with E-state index in [9.17, 15) is 0 Å². The van der Waals surface area contributed by atoms with Gasteiger partial charge in [-0.05, 0) is 43.1 Å². The lowest BCUT2D eigenvalue weighted by molar-refractivity contribution is 0.793. The van der Waals surface area contributed by atoms with E-state index in [2.05, 4.69) is 22.8 Å². The van der Waals surface area contributed by atoms with Gasteiger partial charge in [0.2, 0.25) is 0 Å². The van der Waals surface area contributed by atoms with Crippen molar-refractivity contribution < 1.29 is 0 Å². The number of benzene rings is 1. The normalized spacial score (nSPS) is 10.6. The molecule has 0 radical (unpaired) electrons. The number of halogens is 1. The van der Waals surface area contributed by atoms with Crippen molar-refractivity contribution in [3.63, 3.8) is 0 Å². The molecular weight excluding hydrogens is 238 g/mol. The monoisotopic (exact) mass is 251 g/mol. The first kappa shape index (κ1) is 11.6. The zero-order valence-electron chi connectivity index (χ0n) is 9.16. The molecule has 0 aliphatic heterocycles. The largest absolute Gasteiger partial charge is 0.319 e. The third-order valence-electron chi connectivity index (χ3n) is 2.46. The van der Waals surface area contributed by atoms with Gasteiger partial charge in [-0.15, -0.1) is 11.3 Å². The number of hydrogen-bond acceptors (Lipinski definition) is 2. The van der Waals surface area contributed by atoms with E-state index in [0.29, 0.717) is 0 Å². The zero-order valence-corrected chi connectivity index (χ0v) is 10.7. The minimum absolute atomic E-state index is 0.824. The van der Waals surface area contributed by atoms with Crippen molar-refractivity contribution >= 4 is 22.9 Å². The molecule has 1 N–H and O–H groups in total. The predicted octanol–water partition coefficient (Wildman–Crippen LogP) is 3.83. The lowest BCUT2D eigenvalue weighted by Gasteiger charge is -1.99. The van der Waals surface area contributed by atoms with Crippen molar-refractivity contribution in [3.05, 3.63) is 46.3 Å². The molecule has 16 heavy (non-hydrogen) atoms. The van der Waals surface area contributed by atoms with Crippen molar-refractivity contribution in [1.29, 1.82) is 0 Å². The maximum Gasteiger partial charge on any atom is 0.0492 e. The van der Waals surface area contributed by atoms with Gasteiger partial charge in [-0.25, -0.2) is 0 Å². The minimum Gasteiger partial charge on any atom is -0.319 e. The Bertz CT molecular complexity index is 464. The Kier molecular flexibility index (Phi) is 3.99. The molecule has 1 aromatic carbocycles. The highest BCUT2D eigenvalue weighted by Gasteiger charge is 2.05. The second-order valence-corrected chi connectivity index (χ2v) is 4.97. The first-order valence-electron chi connectivity index (χ1n) is 5.28. The maximum absolute atomic E-state index is 6.17. The Hall–Kier alpha value is -0.830. The van der Waals surface area contributed by atoms with Gasteiger partial charge in [0.25, 0.3) is 0 Å². The molecule has 3 heteroatoms. The molecule has 2 rings (SSSR count). The van der Waals surface area contributed by atoms with Crippen LogP contribution in [-0.2, 0) is 6.42 Å². The van der Waals surface area contributed by atoms with Gasteiger partial charge in [0.15, 0.2) is 0 Å². The van der Waals surface area contributed by atoms with Crippen LogP contribution < -0.4 is 5.32 Å². The molecule has 1 aromatic heterocycles. The summed E-state index contributed by atoms with van der Waals surface area (Å²) in [4.78, 5) is 1.25. The topological polar surface area (TPSA) is 12.0 Å². The first-order chi connectivity index (χ1) is 7.81. The average Bonchev–Trinajstić information content (AvgIpc) is 2.75.